The summed E-state index contributed by atoms with van der Waals surface area (Å²) in [5.74, 6) is 0. The van der Waals surface area contributed by atoms with Crippen LogP contribution in [0.15, 0.2) is 0 Å². The van der Waals surface area contributed by atoms with E-state index in [1.807, 2.05) is 0 Å². The molecule has 0 rings (SSSR count). The smallest absolute Gasteiger partial charge is 0.187 e. The number of hydrogen-bond acceptors (Lipinski definition) is 1. The van der Waals surface area contributed by atoms with Crippen molar-refractivity contribution >= 4 is 17.4 Å². The molecule has 0 aromatic rings. The second-order valence-electron chi connectivity index (χ2n) is 8.05. The Morgan fingerprint density at radius 3 is 1.32 bits per heavy atom. The van der Waals surface area contributed by atoms with Crippen LogP contribution in [-0.4, -0.2) is 17.4 Å². The van der Waals surface area contributed by atoms with Crippen LogP contribution in [0.1, 0.15) is 93.9 Å². The van der Waals surface area contributed by atoms with Crippen LogP contribution in [0.25, 0.3) is 0 Å². The summed E-state index contributed by atoms with van der Waals surface area (Å²) >= 11 is 0. The first-order valence-corrected chi connectivity index (χ1v) is 14.2. The van der Waals surface area contributed by atoms with Crippen molar-refractivity contribution in [2.45, 2.75) is 123 Å². The van der Waals surface area contributed by atoms with Crippen molar-refractivity contribution in [1.29, 1.82) is 0 Å². The molecule has 0 aromatic carbocycles. The van der Waals surface area contributed by atoms with Crippen LogP contribution in [0.2, 0.25) is 28.7 Å². The first kappa shape index (κ1) is 22.4. The molecule has 0 saturated heterocycles. The third kappa shape index (κ3) is 6.88. The van der Waals surface area contributed by atoms with Crippen molar-refractivity contribution in [3.63, 3.8) is 0 Å². The van der Waals surface area contributed by atoms with E-state index >= 15 is 0 Å². The van der Waals surface area contributed by atoms with Crippen LogP contribution in [0, 0.1) is 0 Å². The average molecular weight is 345 g/mol. The number of rotatable bonds is 13. The van der Waals surface area contributed by atoms with Crippen LogP contribution < -0.4 is 0 Å². The van der Waals surface area contributed by atoms with Gasteiger partial charge < -0.3 is 4.12 Å². The van der Waals surface area contributed by atoms with Gasteiger partial charge in [0.05, 0.1) is 0 Å². The molecule has 22 heavy (non-hydrogen) atoms. The van der Waals surface area contributed by atoms with E-state index in [1.54, 1.807) is 0 Å². The Morgan fingerprint density at radius 1 is 0.682 bits per heavy atom. The van der Waals surface area contributed by atoms with E-state index < -0.39 is 17.4 Å². The van der Waals surface area contributed by atoms with Gasteiger partial charge in [-0.3, -0.25) is 0 Å². The van der Waals surface area contributed by atoms with Gasteiger partial charge in [-0.25, -0.2) is 0 Å². The van der Waals surface area contributed by atoms with Crippen LogP contribution >= 0.6 is 0 Å². The van der Waals surface area contributed by atoms with E-state index in [1.165, 1.54) is 50.6 Å². The minimum absolute atomic E-state index is 0.736. The molecule has 0 aliphatic heterocycles. The van der Waals surface area contributed by atoms with Crippen LogP contribution in [0.5, 0.6) is 0 Å². The molecule has 0 unspecified atom stereocenters. The Labute approximate surface area is 144 Å². The van der Waals surface area contributed by atoms with E-state index in [0.717, 1.165) is 16.6 Å². The molecule has 0 atom stereocenters. The van der Waals surface area contributed by atoms with Crippen molar-refractivity contribution < 1.29 is 4.12 Å². The van der Waals surface area contributed by atoms with E-state index in [2.05, 4.69) is 55.4 Å². The Kier molecular flexibility index (Phi) is 12.1. The molecule has 0 N–H and O–H groups in total. The van der Waals surface area contributed by atoms with Crippen molar-refractivity contribution in [1.82, 2.24) is 0 Å². The molecule has 0 aliphatic rings. The molecule has 0 radical (unpaired) electrons. The van der Waals surface area contributed by atoms with E-state index in [9.17, 15) is 0 Å². The summed E-state index contributed by atoms with van der Waals surface area (Å²) in [6.07, 6.45) is 8.24. The summed E-state index contributed by atoms with van der Waals surface area (Å²) in [6, 6.07) is 2.83. The molecule has 1 nitrogen and oxygen atoms in total. The summed E-state index contributed by atoms with van der Waals surface area (Å²) in [5.41, 5.74) is 2.21. The normalized spacial score (nSPS) is 13.1. The van der Waals surface area contributed by atoms with Crippen LogP contribution in [0.4, 0.5) is 0 Å². The molecular weight excluding hydrogens is 300 g/mol. The summed E-state index contributed by atoms with van der Waals surface area (Å²) < 4.78 is 7.19. The summed E-state index contributed by atoms with van der Waals surface area (Å²) in [5, 5.41) is 0. The lowest BCUT2D eigenvalue weighted by Gasteiger charge is -2.45. The van der Waals surface area contributed by atoms with Crippen molar-refractivity contribution in [2.24, 2.45) is 0 Å². The fourth-order valence-corrected chi connectivity index (χ4v) is 16.5. The molecule has 0 spiro atoms. The highest BCUT2D eigenvalue weighted by atomic mass is 28.4. The summed E-state index contributed by atoms with van der Waals surface area (Å²) in [6.45, 7) is 19.2. The van der Waals surface area contributed by atoms with Gasteiger partial charge in [0.2, 0.25) is 0 Å². The summed E-state index contributed by atoms with van der Waals surface area (Å²) in [4.78, 5) is 0. The average Bonchev–Trinajstić information content (AvgIpc) is 2.43. The van der Waals surface area contributed by atoms with E-state index in [-0.39, 0.29) is 0 Å². The first-order chi connectivity index (χ1) is 10.3. The van der Waals surface area contributed by atoms with Crippen molar-refractivity contribution in [3.05, 3.63) is 0 Å². The quantitative estimate of drug-likeness (QED) is 0.252. The van der Waals surface area contributed by atoms with Gasteiger partial charge in [-0.05, 0) is 28.7 Å². The van der Waals surface area contributed by atoms with Gasteiger partial charge in [0.15, 0.2) is 17.4 Å². The molecule has 134 valence electrons. The minimum Gasteiger partial charge on any atom is -0.457 e. The van der Waals surface area contributed by atoms with Gasteiger partial charge in [0.1, 0.15) is 0 Å². The Balaban J connectivity index is 4.99. The highest BCUT2D eigenvalue weighted by Crippen LogP contribution is 2.43. The number of unbranched alkanes of at least 4 members (excludes halogenated alkanes) is 4. The maximum absolute atomic E-state index is 7.19. The van der Waals surface area contributed by atoms with E-state index in [4.69, 9.17) is 4.12 Å². The lowest BCUT2D eigenvalue weighted by atomic mass is 10.3. The second-order valence-corrected chi connectivity index (χ2v) is 16.6. The molecule has 3 heteroatoms. The third-order valence-electron chi connectivity index (χ3n) is 5.34. The Morgan fingerprint density at radius 2 is 1.05 bits per heavy atom. The van der Waals surface area contributed by atoms with Gasteiger partial charge in [0, 0.05) is 0 Å². The van der Waals surface area contributed by atoms with Crippen molar-refractivity contribution in [2.75, 3.05) is 0 Å². The fourth-order valence-electron chi connectivity index (χ4n) is 4.20. The molecule has 0 amide bonds. The Hall–Kier alpha value is 0.394. The summed E-state index contributed by atoms with van der Waals surface area (Å²) in [7, 11) is -2.68. The molecular formula is C19H44OSi2. The molecule has 0 heterocycles. The predicted molar refractivity (Wildman–Crippen MR) is 108 cm³/mol. The van der Waals surface area contributed by atoms with Gasteiger partial charge in [0.25, 0.3) is 0 Å². The molecule has 0 fully saturated rings. The maximum Gasteiger partial charge on any atom is 0.187 e. The van der Waals surface area contributed by atoms with Gasteiger partial charge >= 0.3 is 0 Å². The second kappa shape index (κ2) is 11.9. The lowest BCUT2D eigenvalue weighted by Crippen LogP contribution is -2.51. The third-order valence-corrected chi connectivity index (χ3v) is 15.8. The zero-order valence-electron chi connectivity index (χ0n) is 16.9. The van der Waals surface area contributed by atoms with Gasteiger partial charge in [-0.2, -0.15) is 0 Å². The van der Waals surface area contributed by atoms with Crippen LogP contribution in [0.3, 0.4) is 0 Å². The zero-order chi connectivity index (χ0) is 17.2. The first-order valence-electron chi connectivity index (χ1n) is 10.0. The monoisotopic (exact) mass is 344 g/mol. The Bertz CT molecular complexity index is 232. The zero-order valence-corrected chi connectivity index (χ0v) is 19.0. The SMILES string of the molecule is CCCCC[SiH](CCCCC)O[Si](C(C)C)(C(C)C)C(C)C. The molecule has 0 saturated carbocycles. The standard InChI is InChI=1S/C19H44OSi2/c1-9-11-13-15-21(16-14-12-10-2)20-22(17(3)4,18(5)6)19(7)8/h17-19,21H,9-16H2,1-8H3. The topological polar surface area (TPSA) is 9.23 Å². The van der Waals surface area contributed by atoms with Gasteiger partial charge in [-0.15, -0.1) is 0 Å². The van der Waals surface area contributed by atoms with Crippen LogP contribution in [-0.2, 0) is 4.12 Å². The minimum atomic E-state index is -1.65. The largest absolute Gasteiger partial charge is 0.457 e. The number of hydrogen-bond donors (Lipinski definition) is 0. The maximum atomic E-state index is 7.19. The lowest BCUT2D eigenvalue weighted by molar-refractivity contribution is 0.477. The highest BCUT2D eigenvalue weighted by Gasteiger charge is 2.45. The van der Waals surface area contributed by atoms with E-state index in [0.29, 0.717) is 0 Å². The highest BCUT2D eigenvalue weighted by molar-refractivity contribution is 6.83. The van der Waals surface area contributed by atoms with Crippen molar-refractivity contribution in [3.8, 4) is 0 Å². The molecule has 0 aliphatic carbocycles. The molecule has 0 bridgehead atoms. The molecule has 0 aromatic heterocycles. The predicted octanol–water partition coefficient (Wildman–Crippen LogP) is 7.28. The van der Waals surface area contributed by atoms with Gasteiger partial charge in [-0.1, -0.05) is 93.9 Å². The fraction of sp³-hybridized carbons (Fsp3) is 1.00.